The van der Waals surface area contributed by atoms with E-state index < -0.39 is 186 Å². The highest BCUT2D eigenvalue weighted by atomic mass is 31.2. The molecule has 0 saturated heterocycles. The van der Waals surface area contributed by atoms with Crippen LogP contribution in [0.2, 0.25) is 0 Å². The Kier molecular flexibility index (Phi) is 17.5. The Labute approximate surface area is 463 Å². The van der Waals surface area contributed by atoms with Crippen molar-refractivity contribution in [3.05, 3.63) is 190 Å². The van der Waals surface area contributed by atoms with Crippen LogP contribution in [0, 0.1) is 0 Å². The molecule has 0 aliphatic carbocycles. The molecule has 0 aliphatic rings. The Bertz CT molecular complexity index is 3380. The number of hydrogen-bond donors (Lipinski definition) is 0. The Morgan fingerprint density at radius 1 is 0.294 bits per heavy atom. The highest BCUT2D eigenvalue weighted by Gasteiger charge is 2.48. The van der Waals surface area contributed by atoms with Crippen LogP contribution in [0.15, 0.2) is 146 Å². The van der Waals surface area contributed by atoms with E-state index in [1.807, 2.05) is 13.8 Å². The summed E-state index contributed by atoms with van der Waals surface area (Å²) in [7, 11) is -13.1. The van der Waals surface area contributed by atoms with Crippen LogP contribution in [0.3, 0.4) is 0 Å². The van der Waals surface area contributed by atoms with Gasteiger partial charge >= 0.3 is 49.4 Å². The summed E-state index contributed by atoms with van der Waals surface area (Å²) in [4.78, 5) is 0. The lowest BCUT2D eigenvalue weighted by Crippen LogP contribution is -2.33. The topological polar surface area (TPSA) is 43.4 Å². The van der Waals surface area contributed by atoms with Crippen LogP contribution in [0.1, 0.15) is 58.4 Å². The molecule has 0 N–H and O–H groups in total. The molecule has 3 nitrogen and oxygen atoms in total. The third-order valence-electron chi connectivity index (χ3n) is 12.9. The molecule has 0 bridgehead atoms. The standard InChI is InChI=1S/C52H24F24O2P2.C4H10O/c53-45(54,55)27-13-28(46(56,57)58)18-35(17-27)79(77,36-19-29(47(59,60)61)14-30(20-36)48(62,63)64)41-11-9-25-5-1-3-7-39(25)43(41)44-40-8-4-2-6-26(40)10-12-42(44)80(78,37-21-31(49(65,66)67)15-32(22-37)50(68,69)70)38-23-33(51(71,72)73)16-34(24-38)52(74,75)76;1-3-5-4-2/h1-24H;3-4H2,1-2H3. The van der Waals surface area contributed by atoms with E-state index in [0.717, 1.165) is 61.7 Å². The molecular weight excluding hydrogens is 1240 g/mol. The van der Waals surface area contributed by atoms with Crippen molar-refractivity contribution in [3.8, 4) is 11.1 Å². The van der Waals surface area contributed by atoms with E-state index in [-0.39, 0.29) is 59.3 Å². The van der Waals surface area contributed by atoms with Crippen molar-refractivity contribution in [2.45, 2.75) is 63.3 Å². The fourth-order valence-electron chi connectivity index (χ4n) is 9.11. The number of rotatable bonds is 9. The average molecular weight is 1270 g/mol. The first-order valence-corrected chi connectivity index (χ1v) is 27.3. The number of fused-ring (bicyclic) bond motifs is 2. The van der Waals surface area contributed by atoms with Gasteiger partial charge in [0.1, 0.15) is 0 Å². The second kappa shape index (κ2) is 22.7. The van der Waals surface area contributed by atoms with Gasteiger partial charge in [-0.1, -0.05) is 60.7 Å². The Balaban J connectivity index is 0.00000198. The molecule has 85 heavy (non-hydrogen) atoms. The first kappa shape index (κ1) is 65.6. The lowest BCUT2D eigenvalue weighted by Gasteiger charge is -2.30. The van der Waals surface area contributed by atoms with Crippen molar-refractivity contribution in [1.82, 2.24) is 0 Å². The minimum atomic E-state index is -6.57. The Hall–Kier alpha value is -6.98. The Morgan fingerprint density at radius 2 is 0.494 bits per heavy atom. The quantitative estimate of drug-likeness (QED) is 0.107. The van der Waals surface area contributed by atoms with Crippen LogP contribution in [0.25, 0.3) is 32.7 Å². The molecule has 0 amide bonds. The van der Waals surface area contributed by atoms with Gasteiger partial charge in [-0.25, -0.2) is 0 Å². The fourth-order valence-corrected chi connectivity index (χ4v) is 15.0. The largest absolute Gasteiger partial charge is 0.416 e. The molecule has 0 aromatic heterocycles. The van der Waals surface area contributed by atoms with Crippen molar-refractivity contribution >= 4 is 67.7 Å². The Morgan fingerprint density at radius 3 is 0.671 bits per heavy atom. The minimum absolute atomic E-state index is 0.289. The zero-order valence-electron chi connectivity index (χ0n) is 42.5. The highest BCUT2D eigenvalue weighted by molar-refractivity contribution is 7.86. The van der Waals surface area contributed by atoms with Crippen LogP contribution in [0.4, 0.5) is 105 Å². The van der Waals surface area contributed by atoms with Crippen LogP contribution in [-0.2, 0) is 63.3 Å². The van der Waals surface area contributed by atoms with E-state index in [1.54, 1.807) is 0 Å². The molecule has 29 heteroatoms. The third-order valence-corrected chi connectivity index (χ3v) is 18.9. The number of benzene rings is 8. The predicted molar refractivity (Wildman–Crippen MR) is 268 cm³/mol. The van der Waals surface area contributed by atoms with Crippen molar-refractivity contribution in [2.24, 2.45) is 0 Å². The van der Waals surface area contributed by atoms with Crippen LogP contribution in [0.5, 0.6) is 0 Å². The molecule has 8 aromatic rings. The second-order valence-electron chi connectivity index (χ2n) is 18.4. The van der Waals surface area contributed by atoms with Crippen molar-refractivity contribution in [1.29, 1.82) is 0 Å². The summed E-state index contributed by atoms with van der Waals surface area (Å²) in [6.45, 7) is 5.67. The van der Waals surface area contributed by atoms with Crippen LogP contribution >= 0.6 is 14.3 Å². The van der Waals surface area contributed by atoms with Gasteiger partial charge in [-0.15, -0.1) is 0 Å². The molecular formula is C56H34F24O3P2. The first-order valence-electron chi connectivity index (χ1n) is 23.9. The highest BCUT2D eigenvalue weighted by Crippen LogP contribution is 2.55. The van der Waals surface area contributed by atoms with Gasteiger partial charge in [-0.05, 0) is 120 Å². The summed E-state index contributed by atoms with van der Waals surface area (Å²) in [6, 6.07) is 5.76. The molecule has 0 atom stereocenters. The minimum Gasteiger partial charge on any atom is -0.382 e. The molecule has 8 aromatic carbocycles. The normalized spacial score (nSPS) is 13.5. The summed E-state index contributed by atoms with van der Waals surface area (Å²) >= 11 is 0. The third kappa shape index (κ3) is 13.5. The zero-order valence-corrected chi connectivity index (χ0v) is 44.2. The summed E-state index contributed by atoms with van der Waals surface area (Å²) in [6.07, 6.45) is -47.5. The molecule has 0 spiro atoms. The van der Waals surface area contributed by atoms with E-state index in [9.17, 15) is 105 Å². The van der Waals surface area contributed by atoms with Gasteiger partial charge in [-0.2, -0.15) is 105 Å². The summed E-state index contributed by atoms with van der Waals surface area (Å²) in [5.41, 5.74) is -21.4. The van der Waals surface area contributed by atoms with Gasteiger partial charge in [0.15, 0.2) is 14.3 Å². The maximum absolute atomic E-state index is 16.8. The van der Waals surface area contributed by atoms with Crippen molar-refractivity contribution < 1.29 is 119 Å². The summed E-state index contributed by atoms with van der Waals surface area (Å²) in [5.74, 6) is 0. The SMILES string of the molecule is CCOCC.O=P(c1cc(C(F)(F)F)cc(C(F)(F)F)c1)(c1cc(C(F)(F)F)cc(C(F)(F)F)c1)c1ccc2ccccc2c1-c1c(P(=O)(c2cc(C(F)(F)F)cc(C(F)(F)F)c2)c2cc(C(F)(F)F)cc(C(F)(F)F)c2)ccc2ccccc12. The molecule has 0 aliphatic heterocycles. The van der Waals surface area contributed by atoms with E-state index >= 15 is 9.13 Å². The molecule has 0 fully saturated rings. The van der Waals surface area contributed by atoms with Crippen molar-refractivity contribution in [2.75, 3.05) is 13.2 Å². The van der Waals surface area contributed by atoms with Gasteiger partial charge in [0.05, 0.1) is 44.5 Å². The lowest BCUT2D eigenvalue weighted by molar-refractivity contribution is -0.144. The summed E-state index contributed by atoms with van der Waals surface area (Å²) in [5, 5.41) is -12.2. The van der Waals surface area contributed by atoms with Crippen LogP contribution < -0.4 is 31.8 Å². The van der Waals surface area contributed by atoms with E-state index in [2.05, 4.69) is 0 Å². The van der Waals surface area contributed by atoms with E-state index in [0.29, 0.717) is 12.1 Å². The average Bonchev–Trinajstić information content (AvgIpc) is 0.806. The molecule has 454 valence electrons. The zero-order chi connectivity index (χ0) is 63.6. The van der Waals surface area contributed by atoms with Gasteiger partial charge < -0.3 is 13.9 Å². The lowest BCUT2D eigenvalue weighted by atomic mass is 9.93. The molecule has 0 unspecified atom stereocenters. The number of halogens is 24. The number of hydrogen-bond acceptors (Lipinski definition) is 3. The maximum Gasteiger partial charge on any atom is 0.416 e. The second-order valence-corrected chi connectivity index (χ2v) is 23.9. The van der Waals surface area contributed by atoms with Gasteiger partial charge in [0, 0.05) is 56.2 Å². The van der Waals surface area contributed by atoms with Crippen LogP contribution in [-0.4, -0.2) is 13.2 Å². The molecule has 0 radical (unpaired) electrons. The predicted octanol–water partition coefficient (Wildman–Crippen LogP) is 18.1. The molecule has 8 rings (SSSR count). The van der Waals surface area contributed by atoms with E-state index in [4.69, 9.17) is 4.74 Å². The molecule has 0 heterocycles. The summed E-state index contributed by atoms with van der Waals surface area (Å²) < 4.78 is 392. The van der Waals surface area contributed by atoms with Gasteiger partial charge in [0.2, 0.25) is 0 Å². The van der Waals surface area contributed by atoms with Crippen molar-refractivity contribution in [3.63, 3.8) is 0 Å². The maximum atomic E-state index is 16.8. The first-order chi connectivity index (χ1) is 38.9. The monoisotopic (exact) mass is 1270 g/mol. The fraction of sp³-hybridized carbons (Fsp3) is 0.214. The smallest absolute Gasteiger partial charge is 0.382 e. The van der Waals surface area contributed by atoms with Gasteiger partial charge in [-0.3, -0.25) is 0 Å². The molecule has 0 saturated carbocycles. The number of alkyl halides is 24. The number of ether oxygens (including phenoxy) is 1. The van der Waals surface area contributed by atoms with Gasteiger partial charge in [0.25, 0.3) is 0 Å². The van der Waals surface area contributed by atoms with E-state index in [1.165, 1.54) is 12.1 Å².